The Morgan fingerprint density at radius 3 is 2.62 bits per heavy atom. The predicted molar refractivity (Wildman–Crippen MR) is 77.5 cm³/mol. The van der Waals surface area contributed by atoms with E-state index in [1.807, 2.05) is 29.8 Å². The van der Waals surface area contributed by atoms with E-state index in [2.05, 4.69) is 9.97 Å². The lowest BCUT2D eigenvalue weighted by atomic mass is 10.2. The van der Waals surface area contributed by atoms with Gasteiger partial charge in [0.25, 0.3) is 15.9 Å². The van der Waals surface area contributed by atoms with Gasteiger partial charge in [0.1, 0.15) is 0 Å². The molecule has 1 amide bonds. The normalized spacial score (nSPS) is 11.0. The molecular weight excluding hydrogens is 292 g/mol. The lowest BCUT2D eigenvalue weighted by Gasteiger charge is -2.13. The van der Waals surface area contributed by atoms with Gasteiger partial charge in [-0.15, -0.1) is 0 Å². The average molecular weight is 306 g/mol. The van der Waals surface area contributed by atoms with E-state index in [0.717, 1.165) is 11.9 Å². The molecule has 0 radical (unpaired) electrons. The molecule has 1 N–H and O–H groups in total. The Morgan fingerprint density at radius 1 is 1.24 bits per heavy atom. The van der Waals surface area contributed by atoms with Gasteiger partial charge in [-0.2, -0.15) is 8.42 Å². The first-order chi connectivity index (χ1) is 9.90. The standard InChI is InChI=1S/C13H14N4O3S/c1-17(2)11-5-3-4-10(8-11)13(18)16-21(19,20)12-9-14-6-7-15-12/h3-9H,1-2H3,(H,16,18). The molecule has 0 bridgehead atoms. The number of carbonyl (C=O) groups is 1. The van der Waals surface area contributed by atoms with Crippen LogP contribution in [-0.4, -0.2) is 38.4 Å². The summed E-state index contributed by atoms with van der Waals surface area (Å²) in [5.41, 5.74) is 1.04. The Morgan fingerprint density at radius 2 is 2.00 bits per heavy atom. The first-order valence-corrected chi connectivity index (χ1v) is 7.49. The number of aromatic nitrogens is 2. The molecule has 2 rings (SSSR count). The average Bonchev–Trinajstić information content (AvgIpc) is 2.48. The van der Waals surface area contributed by atoms with Crippen molar-refractivity contribution in [3.63, 3.8) is 0 Å². The molecule has 0 saturated heterocycles. The van der Waals surface area contributed by atoms with Crippen molar-refractivity contribution >= 4 is 21.6 Å². The van der Waals surface area contributed by atoms with E-state index in [4.69, 9.17) is 0 Å². The van der Waals surface area contributed by atoms with Crippen molar-refractivity contribution in [1.82, 2.24) is 14.7 Å². The molecular formula is C13H14N4O3S. The monoisotopic (exact) mass is 306 g/mol. The van der Waals surface area contributed by atoms with Gasteiger partial charge in [0.15, 0.2) is 5.03 Å². The van der Waals surface area contributed by atoms with E-state index in [0.29, 0.717) is 0 Å². The van der Waals surface area contributed by atoms with Crippen LogP contribution < -0.4 is 9.62 Å². The molecule has 0 aliphatic rings. The maximum Gasteiger partial charge on any atom is 0.283 e. The number of amides is 1. The second-order valence-electron chi connectivity index (χ2n) is 4.42. The summed E-state index contributed by atoms with van der Waals surface area (Å²) >= 11 is 0. The van der Waals surface area contributed by atoms with E-state index in [9.17, 15) is 13.2 Å². The Labute approximate surface area is 122 Å². The number of nitrogens with zero attached hydrogens (tertiary/aromatic N) is 3. The van der Waals surface area contributed by atoms with Crippen molar-refractivity contribution in [3.8, 4) is 0 Å². The van der Waals surface area contributed by atoms with Crippen LogP contribution in [0.3, 0.4) is 0 Å². The van der Waals surface area contributed by atoms with Crippen LogP contribution in [0.1, 0.15) is 10.4 Å². The molecule has 2 aromatic rings. The summed E-state index contributed by atoms with van der Waals surface area (Å²) in [7, 11) is -0.374. The maximum atomic E-state index is 12.1. The molecule has 0 spiro atoms. The summed E-state index contributed by atoms with van der Waals surface area (Å²) in [5.74, 6) is -0.718. The minimum atomic E-state index is -4.03. The van der Waals surface area contributed by atoms with Gasteiger partial charge in [-0.25, -0.2) is 9.71 Å². The zero-order chi connectivity index (χ0) is 15.5. The number of rotatable bonds is 4. The molecule has 1 aromatic carbocycles. The number of nitrogens with one attached hydrogen (secondary N) is 1. The van der Waals surface area contributed by atoms with E-state index in [1.165, 1.54) is 18.5 Å². The van der Waals surface area contributed by atoms with Gasteiger partial charge in [-0.1, -0.05) is 6.07 Å². The Hall–Kier alpha value is -2.48. The second kappa shape index (κ2) is 5.88. The summed E-state index contributed by atoms with van der Waals surface area (Å²) in [6.07, 6.45) is 3.67. The summed E-state index contributed by atoms with van der Waals surface area (Å²) < 4.78 is 25.9. The van der Waals surface area contributed by atoms with E-state index >= 15 is 0 Å². The van der Waals surface area contributed by atoms with Crippen LogP contribution in [0.2, 0.25) is 0 Å². The van der Waals surface area contributed by atoms with Crippen molar-refractivity contribution in [3.05, 3.63) is 48.4 Å². The zero-order valence-corrected chi connectivity index (χ0v) is 12.3. The van der Waals surface area contributed by atoms with Crippen LogP contribution in [0.5, 0.6) is 0 Å². The Bertz CT molecular complexity index is 745. The Kier molecular flexibility index (Phi) is 4.18. The minimum Gasteiger partial charge on any atom is -0.378 e. The van der Waals surface area contributed by atoms with Gasteiger partial charge >= 0.3 is 0 Å². The van der Waals surface area contributed by atoms with Gasteiger partial charge in [0, 0.05) is 37.7 Å². The predicted octanol–water partition coefficient (Wildman–Crippen LogP) is 0.661. The highest BCUT2D eigenvalue weighted by Crippen LogP contribution is 2.14. The zero-order valence-electron chi connectivity index (χ0n) is 11.5. The lowest BCUT2D eigenvalue weighted by molar-refractivity contribution is 0.0981. The van der Waals surface area contributed by atoms with Crippen molar-refractivity contribution in [2.45, 2.75) is 5.03 Å². The maximum absolute atomic E-state index is 12.1. The van der Waals surface area contributed by atoms with Crippen LogP contribution in [0, 0.1) is 0 Å². The highest BCUT2D eigenvalue weighted by atomic mass is 32.2. The van der Waals surface area contributed by atoms with Crippen LogP contribution in [0.25, 0.3) is 0 Å². The molecule has 1 aromatic heterocycles. The number of sulfonamides is 1. The summed E-state index contributed by atoms with van der Waals surface area (Å²) in [5, 5.41) is -0.304. The fraction of sp³-hybridized carbons (Fsp3) is 0.154. The third kappa shape index (κ3) is 3.54. The van der Waals surface area contributed by atoms with Gasteiger partial charge in [0.05, 0.1) is 6.20 Å². The first-order valence-electron chi connectivity index (χ1n) is 6.01. The van der Waals surface area contributed by atoms with Crippen molar-refractivity contribution in [1.29, 1.82) is 0 Å². The first kappa shape index (κ1) is 14.9. The molecule has 7 nitrogen and oxygen atoms in total. The van der Waals surface area contributed by atoms with Gasteiger partial charge in [0.2, 0.25) is 0 Å². The van der Waals surface area contributed by atoms with Crippen molar-refractivity contribution < 1.29 is 13.2 Å². The largest absolute Gasteiger partial charge is 0.378 e. The van der Waals surface area contributed by atoms with Crippen LogP contribution in [0.15, 0.2) is 47.9 Å². The number of anilines is 1. The van der Waals surface area contributed by atoms with E-state index < -0.39 is 15.9 Å². The van der Waals surface area contributed by atoms with Crippen LogP contribution >= 0.6 is 0 Å². The highest BCUT2D eigenvalue weighted by Gasteiger charge is 2.20. The molecule has 0 unspecified atom stereocenters. The third-order valence-corrected chi connectivity index (χ3v) is 3.88. The second-order valence-corrected chi connectivity index (χ2v) is 6.05. The molecule has 1 heterocycles. The van der Waals surface area contributed by atoms with E-state index in [1.54, 1.807) is 12.1 Å². The van der Waals surface area contributed by atoms with Crippen molar-refractivity contribution in [2.24, 2.45) is 0 Å². The van der Waals surface area contributed by atoms with Gasteiger partial charge in [-0.05, 0) is 18.2 Å². The van der Waals surface area contributed by atoms with Crippen LogP contribution in [-0.2, 0) is 10.0 Å². The number of hydrogen-bond donors (Lipinski definition) is 1. The third-order valence-electron chi connectivity index (χ3n) is 2.67. The van der Waals surface area contributed by atoms with Crippen LogP contribution in [0.4, 0.5) is 5.69 Å². The molecule has 0 fully saturated rings. The molecule has 0 aliphatic heterocycles. The fourth-order valence-electron chi connectivity index (χ4n) is 1.58. The highest BCUT2D eigenvalue weighted by molar-refractivity contribution is 7.90. The summed E-state index contributed by atoms with van der Waals surface area (Å²) in [6, 6.07) is 6.63. The smallest absolute Gasteiger partial charge is 0.283 e. The summed E-state index contributed by atoms with van der Waals surface area (Å²) in [6.45, 7) is 0. The summed E-state index contributed by atoms with van der Waals surface area (Å²) in [4.78, 5) is 21.2. The molecule has 21 heavy (non-hydrogen) atoms. The molecule has 8 heteroatoms. The van der Waals surface area contributed by atoms with E-state index in [-0.39, 0.29) is 10.6 Å². The molecule has 0 aliphatic carbocycles. The lowest BCUT2D eigenvalue weighted by Crippen LogP contribution is -2.31. The number of carbonyl (C=O) groups excluding carboxylic acids is 1. The number of hydrogen-bond acceptors (Lipinski definition) is 6. The van der Waals surface area contributed by atoms with Crippen molar-refractivity contribution in [2.75, 3.05) is 19.0 Å². The van der Waals surface area contributed by atoms with Gasteiger partial charge < -0.3 is 4.90 Å². The molecule has 0 saturated carbocycles. The molecule has 110 valence electrons. The number of benzene rings is 1. The Balaban J connectivity index is 2.24. The SMILES string of the molecule is CN(C)c1cccc(C(=O)NS(=O)(=O)c2cnccn2)c1. The molecule has 0 atom stereocenters. The van der Waals surface area contributed by atoms with Gasteiger partial charge in [-0.3, -0.25) is 9.78 Å². The topological polar surface area (TPSA) is 92.3 Å². The fourth-order valence-corrected chi connectivity index (χ4v) is 2.45. The quantitative estimate of drug-likeness (QED) is 0.892. The minimum absolute atomic E-state index is 0.244.